The zero-order valence-corrected chi connectivity index (χ0v) is 12.2. The van der Waals surface area contributed by atoms with E-state index in [2.05, 4.69) is 5.32 Å². The van der Waals surface area contributed by atoms with Crippen LogP contribution in [0.25, 0.3) is 0 Å². The first-order valence-corrected chi connectivity index (χ1v) is 7.15. The highest BCUT2D eigenvalue weighted by Crippen LogP contribution is 2.22. The minimum absolute atomic E-state index is 0.0774. The number of amides is 1. The Hall–Kier alpha value is -1.49. The number of hydrogen-bond acceptors (Lipinski definition) is 3. The van der Waals surface area contributed by atoms with E-state index in [1.807, 2.05) is 20.8 Å². The van der Waals surface area contributed by atoms with Gasteiger partial charge >= 0.3 is 5.97 Å². The van der Waals surface area contributed by atoms with Crippen LogP contribution in [0.5, 0.6) is 0 Å². The minimum Gasteiger partial charge on any atom is -0.478 e. The fourth-order valence-corrected chi connectivity index (χ4v) is 2.23. The number of carbonyl (C=O) groups excluding carboxylic acids is 1. The molecule has 104 valence electrons. The van der Waals surface area contributed by atoms with Crippen molar-refractivity contribution in [2.45, 2.75) is 31.7 Å². The molecule has 1 aromatic rings. The van der Waals surface area contributed by atoms with Gasteiger partial charge in [0.1, 0.15) is 0 Å². The van der Waals surface area contributed by atoms with Gasteiger partial charge in [-0.2, -0.15) is 0 Å². The largest absolute Gasteiger partial charge is 0.478 e. The summed E-state index contributed by atoms with van der Waals surface area (Å²) < 4.78 is 0. The van der Waals surface area contributed by atoms with Crippen LogP contribution in [-0.2, 0) is 4.79 Å². The molecule has 0 heterocycles. The fourth-order valence-electron chi connectivity index (χ4n) is 1.37. The van der Waals surface area contributed by atoms with Crippen molar-refractivity contribution in [1.82, 2.24) is 5.32 Å². The van der Waals surface area contributed by atoms with Gasteiger partial charge in [-0.25, -0.2) is 4.79 Å². The van der Waals surface area contributed by atoms with Gasteiger partial charge in [-0.3, -0.25) is 4.79 Å². The van der Waals surface area contributed by atoms with E-state index in [4.69, 9.17) is 5.11 Å². The molecule has 0 spiro atoms. The lowest BCUT2D eigenvalue weighted by Crippen LogP contribution is -2.37. The van der Waals surface area contributed by atoms with Crippen LogP contribution in [0.2, 0.25) is 0 Å². The van der Waals surface area contributed by atoms with Crippen LogP contribution in [0.15, 0.2) is 29.2 Å². The van der Waals surface area contributed by atoms with Crippen LogP contribution < -0.4 is 5.32 Å². The minimum atomic E-state index is -0.973. The number of hydrogen-bond donors (Lipinski definition) is 2. The molecule has 0 aromatic heterocycles. The molecule has 1 atom stereocenters. The number of benzene rings is 1. The maximum atomic E-state index is 11.7. The Morgan fingerprint density at radius 3 is 2.47 bits per heavy atom. The molecule has 0 fully saturated rings. The Kier molecular flexibility index (Phi) is 5.89. The van der Waals surface area contributed by atoms with Crippen LogP contribution >= 0.6 is 11.8 Å². The van der Waals surface area contributed by atoms with Crippen molar-refractivity contribution in [2.24, 2.45) is 5.92 Å². The van der Waals surface area contributed by atoms with Crippen molar-refractivity contribution in [3.63, 3.8) is 0 Å². The van der Waals surface area contributed by atoms with Crippen molar-refractivity contribution in [3.05, 3.63) is 29.8 Å². The highest BCUT2D eigenvalue weighted by molar-refractivity contribution is 8.00. The van der Waals surface area contributed by atoms with Gasteiger partial charge in [-0.1, -0.05) is 26.0 Å². The summed E-state index contributed by atoms with van der Waals surface area (Å²) in [5.74, 6) is -0.452. The molecule has 5 heteroatoms. The molecule has 0 aliphatic rings. The van der Waals surface area contributed by atoms with Crippen molar-refractivity contribution in [2.75, 3.05) is 5.75 Å². The molecule has 2 N–H and O–H groups in total. The highest BCUT2D eigenvalue weighted by Gasteiger charge is 2.13. The zero-order valence-electron chi connectivity index (χ0n) is 11.3. The van der Waals surface area contributed by atoms with Gasteiger partial charge in [0, 0.05) is 10.9 Å². The molecule has 0 aliphatic carbocycles. The maximum absolute atomic E-state index is 11.7. The van der Waals surface area contributed by atoms with Gasteiger partial charge in [0.15, 0.2) is 0 Å². The third kappa shape index (κ3) is 4.95. The Morgan fingerprint density at radius 2 is 1.89 bits per heavy atom. The molecule has 1 rings (SSSR count). The Balaban J connectivity index is 2.58. The summed E-state index contributed by atoms with van der Waals surface area (Å²) in [7, 11) is 0. The number of carboxylic acid groups (broad SMARTS) is 1. The molecule has 19 heavy (non-hydrogen) atoms. The second-order valence-electron chi connectivity index (χ2n) is 4.69. The van der Waals surface area contributed by atoms with Gasteiger partial charge in [0.2, 0.25) is 5.91 Å². The standard InChI is InChI=1S/C14H19NO3S/c1-9(2)10(3)15-13(16)8-19-12-7-5-4-6-11(12)14(17)18/h4-7,9-10H,8H2,1-3H3,(H,15,16)(H,17,18). The predicted octanol–water partition coefficient (Wildman–Crippen LogP) is 2.64. The first-order chi connectivity index (χ1) is 8.91. The van der Waals surface area contributed by atoms with Crippen molar-refractivity contribution in [1.29, 1.82) is 0 Å². The summed E-state index contributed by atoms with van der Waals surface area (Å²) >= 11 is 1.24. The third-order valence-electron chi connectivity index (χ3n) is 2.86. The molecule has 0 bridgehead atoms. The molecule has 0 aliphatic heterocycles. The van der Waals surface area contributed by atoms with E-state index >= 15 is 0 Å². The van der Waals surface area contributed by atoms with Crippen LogP contribution in [0.1, 0.15) is 31.1 Å². The predicted molar refractivity (Wildman–Crippen MR) is 76.6 cm³/mol. The summed E-state index contributed by atoms with van der Waals surface area (Å²) in [6.07, 6.45) is 0. The Labute approximate surface area is 117 Å². The van der Waals surface area contributed by atoms with Gasteiger partial charge in [-0.15, -0.1) is 11.8 Å². The molecule has 0 saturated carbocycles. The lowest BCUT2D eigenvalue weighted by molar-refractivity contribution is -0.119. The monoisotopic (exact) mass is 281 g/mol. The molecule has 1 unspecified atom stereocenters. The second kappa shape index (κ2) is 7.19. The molecule has 1 amide bonds. The molecule has 0 saturated heterocycles. The van der Waals surface area contributed by atoms with E-state index in [-0.39, 0.29) is 23.3 Å². The number of rotatable bonds is 6. The average Bonchev–Trinajstić information content (AvgIpc) is 2.36. The van der Waals surface area contributed by atoms with Crippen molar-refractivity contribution >= 4 is 23.6 Å². The van der Waals surface area contributed by atoms with Crippen LogP contribution in [0.3, 0.4) is 0 Å². The summed E-state index contributed by atoms with van der Waals surface area (Å²) in [6.45, 7) is 6.04. The van der Waals surface area contributed by atoms with Crippen LogP contribution in [0.4, 0.5) is 0 Å². The zero-order chi connectivity index (χ0) is 14.4. The molecule has 0 radical (unpaired) electrons. The summed E-state index contributed by atoms with van der Waals surface area (Å²) in [5, 5.41) is 11.9. The summed E-state index contributed by atoms with van der Waals surface area (Å²) in [6, 6.07) is 6.81. The maximum Gasteiger partial charge on any atom is 0.336 e. The average molecular weight is 281 g/mol. The number of carbonyl (C=O) groups is 2. The van der Waals surface area contributed by atoms with Gasteiger partial charge in [0.25, 0.3) is 0 Å². The lowest BCUT2D eigenvalue weighted by Gasteiger charge is -2.17. The van der Waals surface area contributed by atoms with Crippen LogP contribution in [-0.4, -0.2) is 28.8 Å². The van der Waals surface area contributed by atoms with E-state index < -0.39 is 5.97 Å². The number of nitrogens with one attached hydrogen (secondary N) is 1. The molecule has 1 aromatic carbocycles. The first kappa shape index (κ1) is 15.6. The quantitative estimate of drug-likeness (QED) is 0.787. The van der Waals surface area contributed by atoms with E-state index in [9.17, 15) is 9.59 Å². The molecular weight excluding hydrogens is 262 g/mol. The van der Waals surface area contributed by atoms with Gasteiger partial charge in [0.05, 0.1) is 11.3 Å². The van der Waals surface area contributed by atoms with E-state index in [1.165, 1.54) is 11.8 Å². The Bertz CT molecular complexity index is 460. The smallest absolute Gasteiger partial charge is 0.336 e. The van der Waals surface area contributed by atoms with Gasteiger partial charge in [-0.05, 0) is 25.0 Å². The van der Waals surface area contributed by atoms with Crippen LogP contribution in [0, 0.1) is 5.92 Å². The number of thioether (sulfide) groups is 1. The molecular formula is C14H19NO3S. The fraction of sp³-hybridized carbons (Fsp3) is 0.429. The highest BCUT2D eigenvalue weighted by atomic mass is 32.2. The van der Waals surface area contributed by atoms with Crippen molar-refractivity contribution < 1.29 is 14.7 Å². The lowest BCUT2D eigenvalue weighted by atomic mass is 10.1. The van der Waals surface area contributed by atoms with E-state index in [0.29, 0.717) is 10.8 Å². The topological polar surface area (TPSA) is 66.4 Å². The van der Waals surface area contributed by atoms with E-state index in [0.717, 1.165) is 0 Å². The summed E-state index contributed by atoms with van der Waals surface area (Å²) in [5.41, 5.74) is 0.234. The van der Waals surface area contributed by atoms with Crippen molar-refractivity contribution in [3.8, 4) is 0 Å². The SMILES string of the molecule is CC(C)C(C)NC(=O)CSc1ccccc1C(=O)O. The second-order valence-corrected chi connectivity index (χ2v) is 5.71. The summed E-state index contributed by atoms with van der Waals surface area (Å²) in [4.78, 5) is 23.4. The molecule has 4 nitrogen and oxygen atoms in total. The Morgan fingerprint density at radius 1 is 1.26 bits per heavy atom. The third-order valence-corrected chi connectivity index (χ3v) is 3.94. The normalized spacial score (nSPS) is 12.2. The number of aromatic carboxylic acids is 1. The number of carboxylic acids is 1. The first-order valence-electron chi connectivity index (χ1n) is 6.16. The van der Waals surface area contributed by atoms with E-state index in [1.54, 1.807) is 24.3 Å². The van der Waals surface area contributed by atoms with Gasteiger partial charge < -0.3 is 10.4 Å².